The van der Waals surface area contributed by atoms with E-state index in [1.165, 1.54) is 0 Å². The molecule has 0 atom stereocenters. The number of carbonyl (C=O) groups excluding carboxylic acids is 6. The van der Waals surface area contributed by atoms with E-state index >= 15 is 0 Å². The molecule has 0 aliphatic carbocycles. The molecule has 0 radical (unpaired) electrons. The fraction of sp³-hybridized carbons (Fsp3) is 0.308. The van der Waals surface area contributed by atoms with Crippen LogP contribution in [0.1, 0.15) is 20.7 Å². The van der Waals surface area contributed by atoms with Crippen LogP contribution in [0.4, 0.5) is 0 Å². The maximum absolute atomic E-state index is 12.5. The minimum absolute atomic E-state index is 0.0775. The first-order valence-corrected chi connectivity index (χ1v) is 11.9. The van der Waals surface area contributed by atoms with Crippen molar-refractivity contribution >= 4 is 35.6 Å². The van der Waals surface area contributed by atoms with Crippen molar-refractivity contribution in [3.05, 3.63) is 71.8 Å². The average Bonchev–Trinajstić information content (AvgIpc) is 2.91. The van der Waals surface area contributed by atoms with Crippen LogP contribution in [0.25, 0.3) is 0 Å². The van der Waals surface area contributed by atoms with Gasteiger partial charge in [-0.05, 0) is 24.3 Å². The Labute approximate surface area is 218 Å². The average molecular weight is 523 g/mol. The lowest BCUT2D eigenvalue weighted by Crippen LogP contribution is -2.58. The summed E-state index contributed by atoms with van der Waals surface area (Å²) in [5.74, 6) is -3.34. The number of hydrogen-bond donors (Lipinski definition) is 0. The molecule has 0 N–H and O–H groups in total. The van der Waals surface area contributed by atoms with E-state index in [1.807, 2.05) is 0 Å². The van der Waals surface area contributed by atoms with E-state index in [2.05, 4.69) is 0 Å². The van der Waals surface area contributed by atoms with Crippen LogP contribution < -0.4 is 0 Å². The van der Waals surface area contributed by atoms with Crippen molar-refractivity contribution in [1.82, 2.24) is 19.6 Å². The standard InChI is InChI=1S/C26H26N4O8/c31-21-13-27(14-22(32)29(21)17-37-25(35)19-7-3-1-4-8-19)11-12-28-15-23(33)30(24(34)16-28)18-38-26(36)20-9-5-2-6-10-20/h1-10H,11-18H2. The predicted octanol–water partition coefficient (Wildman–Crippen LogP) is -0.0430. The van der Waals surface area contributed by atoms with Crippen LogP contribution in [-0.4, -0.2) is 108 Å². The number of hydrogen-bond acceptors (Lipinski definition) is 10. The van der Waals surface area contributed by atoms with Gasteiger partial charge < -0.3 is 9.47 Å². The van der Waals surface area contributed by atoms with Crippen LogP contribution in [0.15, 0.2) is 60.7 Å². The Kier molecular flexibility index (Phi) is 8.56. The Hall–Kier alpha value is -4.42. The first-order chi connectivity index (χ1) is 18.3. The van der Waals surface area contributed by atoms with Gasteiger partial charge in [-0.25, -0.2) is 19.4 Å². The molecule has 2 aromatic carbocycles. The Morgan fingerprint density at radius 2 is 0.868 bits per heavy atom. The van der Waals surface area contributed by atoms with Gasteiger partial charge in [-0.15, -0.1) is 0 Å². The molecule has 38 heavy (non-hydrogen) atoms. The van der Waals surface area contributed by atoms with Gasteiger partial charge in [0.05, 0.1) is 37.3 Å². The summed E-state index contributed by atoms with van der Waals surface area (Å²) in [6, 6.07) is 16.5. The van der Waals surface area contributed by atoms with E-state index < -0.39 is 49.0 Å². The molecular formula is C26H26N4O8. The number of imide groups is 2. The minimum Gasteiger partial charge on any atom is -0.440 e. The van der Waals surface area contributed by atoms with Crippen molar-refractivity contribution in [2.75, 3.05) is 52.7 Å². The third kappa shape index (κ3) is 6.66. The molecule has 2 saturated heterocycles. The number of benzene rings is 2. The topological polar surface area (TPSA) is 134 Å². The molecule has 0 bridgehead atoms. The highest BCUT2D eigenvalue weighted by Gasteiger charge is 2.34. The second-order valence-corrected chi connectivity index (χ2v) is 8.71. The highest BCUT2D eigenvalue weighted by molar-refractivity contribution is 6.00. The number of esters is 2. The van der Waals surface area contributed by atoms with Crippen molar-refractivity contribution < 1.29 is 38.2 Å². The first kappa shape index (κ1) is 26.6. The molecule has 12 heteroatoms. The van der Waals surface area contributed by atoms with Crippen molar-refractivity contribution in [3.8, 4) is 0 Å². The summed E-state index contributed by atoms with van der Waals surface area (Å²) in [7, 11) is 0. The number of carbonyl (C=O) groups is 6. The van der Waals surface area contributed by atoms with E-state index in [1.54, 1.807) is 70.5 Å². The van der Waals surface area contributed by atoms with Crippen LogP contribution >= 0.6 is 0 Å². The van der Waals surface area contributed by atoms with Gasteiger partial charge in [0.1, 0.15) is 0 Å². The SMILES string of the molecule is O=C(OCN1C(=O)CN(CCN2CC(=O)N(COC(=O)c3ccccc3)C(=O)C2)CC1=O)c1ccccc1. The zero-order chi connectivity index (χ0) is 27.1. The van der Waals surface area contributed by atoms with E-state index in [-0.39, 0.29) is 39.3 Å². The van der Waals surface area contributed by atoms with Gasteiger partial charge >= 0.3 is 11.9 Å². The number of piperazine rings is 2. The van der Waals surface area contributed by atoms with E-state index in [9.17, 15) is 28.8 Å². The van der Waals surface area contributed by atoms with Crippen molar-refractivity contribution in [3.63, 3.8) is 0 Å². The largest absolute Gasteiger partial charge is 0.440 e. The highest BCUT2D eigenvalue weighted by Crippen LogP contribution is 2.10. The second-order valence-electron chi connectivity index (χ2n) is 8.71. The third-order valence-corrected chi connectivity index (χ3v) is 6.04. The summed E-state index contributed by atoms with van der Waals surface area (Å²) in [4.78, 5) is 79.1. The normalized spacial score (nSPS) is 17.1. The molecule has 198 valence electrons. The fourth-order valence-corrected chi connectivity index (χ4v) is 3.95. The van der Waals surface area contributed by atoms with Crippen molar-refractivity contribution in [2.45, 2.75) is 0 Å². The summed E-state index contributed by atoms with van der Waals surface area (Å²) < 4.78 is 10.2. The number of amides is 4. The van der Waals surface area contributed by atoms with Gasteiger partial charge in [0.2, 0.25) is 23.6 Å². The lowest BCUT2D eigenvalue weighted by Gasteiger charge is -2.35. The number of ether oxygens (including phenoxy) is 2. The summed E-state index contributed by atoms with van der Waals surface area (Å²) >= 11 is 0. The maximum atomic E-state index is 12.5. The Bertz CT molecular complexity index is 1090. The molecule has 4 amide bonds. The number of nitrogens with zero attached hydrogens (tertiary/aromatic N) is 4. The monoisotopic (exact) mass is 522 g/mol. The van der Waals surface area contributed by atoms with Crippen molar-refractivity contribution in [1.29, 1.82) is 0 Å². The lowest BCUT2D eigenvalue weighted by molar-refractivity contribution is -0.159. The molecule has 0 aromatic heterocycles. The quantitative estimate of drug-likeness (QED) is 0.326. The molecule has 2 aliphatic heterocycles. The smallest absolute Gasteiger partial charge is 0.339 e. The van der Waals surface area contributed by atoms with Crippen LogP contribution in [-0.2, 0) is 28.7 Å². The van der Waals surface area contributed by atoms with Gasteiger partial charge in [-0.2, -0.15) is 0 Å². The zero-order valence-electron chi connectivity index (χ0n) is 20.5. The summed E-state index contributed by atoms with van der Waals surface area (Å²) in [5.41, 5.74) is 0.620. The highest BCUT2D eigenvalue weighted by atomic mass is 16.6. The maximum Gasteiger partial charge on any atom is 0.339 e. The minimum atomic E-state index is -0.642. The molecule has 2 heterocycles. The Morgan fingerprint density at radius 1 is 0.553 bits per heavy atom. The molecule has 2 fully saturated rings. The van der Waals surface area contributed by atoms with Crippen LogP contribution in [0.3, 0.4) is 0 Å². The Balaban J connectivity index is 1.20. The third-order valence-electron chi connectivity index (χ3n) is 6.04. The molecule has 12 nitrogen and oxygen atoms in total. The summed E-state index contributed by atoms with van der Waals surface area (Å²) in [5, 5.41) is 0. The van der Waals surface area contributed by atoms with E-state index in [4.69, 9.17) is 9.47 Å². The van der Waals surface area contributed by atoms with Gasteiger partial charge in [0, 0.05) is 13.1 Å². The molecule has 4 rings (SSSR count). The van der Waals surface area contributed by atoms with Crippen LogP contribution in [0, 0.1) is 0 Å². The Morgan fingerprint density at radius 3 is 1.18 bits per heavy atom. The first-order valence-electron chi connectivity index (χ1n) is 11.9. The van der Waals surface area contributed by atoms with Gasteiger partial charge in [-0.1, -0.05) is 36.4 Å². The molecule has 2 aromatic rings. The second kappa shape index (κ2) is 12.2. The van der Waals surface area contributed by atoms with E-state index in [0.29, 0.717) is 11.1 Å². The van der Waals surface area contributed by atoms with Crippen LogP contribution in [0.2, 0.25) is 0 Å². The van der Waals surface area contributed by atoms with Gasteiger partial charge in [-0.3, -0.25) is 29.0 Å². The fourth-order valence-electron chi connectivity index (χ4n) is 3.95. The molecule has 2 aliphatic rings. The zero-order valence-corrected chi connectivity index (χ0v) is 20.5. The molecule has 0 unspecified atom stereocenters. The van der Waals surface area contributed by atoms with Crippen LogP contribution in [0.5, 0.6) is 0 Å². The molecule has 0 saturated carbocycles. The van der Waals surface area contributed by atoms with Crippen molar-refractivity contribution in [2.24, 2.45) is 0 Å². The molecule has 0 spiro atoms. The van der Waals surface area contributed by atoms with Gasteiger partial charge in [0.15, 0.2) is 13.5 Å². The lowest BCUT2D eigenvalue weighted by atomic mass is 10.2. The summed E-state index contributed by atoms with van der Waals surface area (Å²) in [6.07, 6.45) is 0. The summed E-state index contributed by atoms with van der Waals surface area (Å²) in [6.45, 7) is -0.731. The van der Waals surface area contributed by atoms with Gasteiger partial charge in [0.25, 0.3) is 0 Å². The molecular weight excluding hydrogens is 496 g/mol. The van der Waals surface area contributed by atoms with E-state index in [0.717, 1.165) is 9.80 Å². The predicted molar refractivity (Wildman–Crippen MR) is 130 cm³/mol. The number of rotatable bonds is 9.